The van der Waals surface area contributed by atoms with Crippen LogP contribution in [0.25, 0.3) is 11.2 Å². The molecule has 0 aliphatic carbocycles. The number of aromatic nitrogens is 2. The van der Waals surface area contributed by atoms with Crippen LogP contribution in [0.5, 0.6) is 5.75 Å². The molecule has 3 heterocycles. The fourth-order valence-electron chi connectivity index (χ4n) is 4.56. The van der Waals surface area contributed by atoms with Crippen molar-refractivity contribution in [1.29, 1.82) is 5.26 Å². The Hall–Kier alpha value is -4.12. The van der Waals surface area contributed by atoms with Crippen LogP contribution in [0.2, 0.25) is 0 Å². The van der Waals surface area contributed by atoms with Crippen LogP contribution in [-0.4, -0.2) is 9.38 Å². The molecule has 0 N–H and O–H groups in total. The van der Waals surface area contributed by atoms with Crippen LogP contribution < -0.4 is 4.74 Å². The largest absolute Gasteiger partial charge is 0.488 e. The average molecular weight is 477 g/mol. The van der Waals surface area contributed by atoms with Crippen molar-refractivity contribution in [3.8, 4) is 11.8 Å². The zero-order chi connectivity index (χ0) is 24.9. The smallest absolute Gasteiger partial charge is 0.419 e. The maximum Gasteiger partial charge on any atom is 0.419 e. The van der Waals surface area contributed by atoms with E-state index in [2.05, 4.69) is 11.1 Å². The third kappa shape index (κ3) is 3.93. The van der Waals surface area contributed by atoms with E-state index in [1.54, 1.807) is 26.1 Å². The molecule has 176 valence electrons. The number of ether oxygens (including phenoxy) is 1. The number of benzene rings is 2. The van der Waals surface area contributed by atoms with Crippen LogP contribution in [0.4, 0.5) is 17.6 Å². The minimum atomic E-state index is -4.51. The standard InChI is InChI=1S/C27H19F4N3O/c1-15(13-32)25-20-7-5-17(10-18(20)14-35-24-12-19(28)6-8-21(24)25)11-23-16(2)33-26-22(27(29,30)31)4-3-9-34(23)26/h3-10,12H,11,14H2,1-2H3/b25-15-. The van der Waals surface area contributed by atoms with Crippen molar-refractivity contribution in [2.45, 2.75) is 33.1 Å². The van der Waals surface area contributed by atoms with Gasteiger partial charge in [-0.3, -0.25) is 0 Å². The Bertz CT molecular complexity index is 1560. The molecule has 0 saturated carbocycles. The van der Waals surface area contributed by atoms with Gasteiger partial charge < -0.3 is 9.14 Å². The molecular weight excluding hydrogens is 458 g/mol. The topological polar surface area (TPSA) is 50.3 Å². The van der Waals surface area contributed by atoms with Crippen LogP contribution in [0.3, 0.4) is 0 Å². The van der Waals surface area contributed by atoms with Gasteiger partial charge in [-0.15, -0.1) is 0 Å². The fraction of sp³-hybridized carbons (Fsp3) is 0.185. The van der Waals surface area contributed by atoms with E-state index in [0.717, 1.165) is 22.8 Å². The Kier molecular flexibility index (Phi) is 5.36. The van der Waals surface area contributed by atoms with Crippen LogP contribution in [0.1, 0.15) is 46.1 Å². The van der Waals surface area contributed by atoms with Crippen molar-refractivity contribution in [1.82, 2.24) is 9.38 Å². The molecule has 0 saturated heterocycles. The van der Waals surface area contributed by atoms with E-state index in [4.69, 9.17) is 4.74 Å². The number of aryl methyl sites for hydroxylation is 1. The highest BCUT2D eigenvalue weighted by molar-refractivity contribution is 5.88. The van der Waals surface area contributed by atoms with Crippen molar-refractivity contribution in [2.24, 2.45) is 0 Å². The zero-order valence-corrected chi connectivity index (χ0v) is 18.9. The van der Waals surface area contributed by atoms with Crippen LogP contribution in [0, 0.1) is 24.1 Å². The molecule has 0 amide bonds. The van der Waals surface area contributed by atoms with E-state index in [0.29, 0.717) is 40.3 Å². The minimum absolute atomic E-state index is 0.127. The second kappa shape index (κ2) is 8.27. The predicted molar refractivity (Wildman–Crippen MR) is 122 cm³/mol. The fourth-order valence-corrected chi connectivity index (χ4v) is 4.56. The van der Waals surface area contributed by atoms with E-state index in [-0.39, 0.29) is 12.3 Å². The number of allylic oxidation sites excluding steroid dienone is 1. The summed E-state index contributed by atoms with van der Waals surface area (Å²) in [5, 5.41) is 9.61. The predicted octanol–water partition coefficient (Wildman–Crippen LogP) is 6.63. The van der Waals surface area contributed by atoms with E-state index in [9.17, 15) is 22.8 Å². The Balaban J connectivity index is 1.59. The quantitative estimate of drug-likeness (QED) is 0.241. The van der Waals surface area contributed by atoms with Gasteiger partial charge in [-0.25, -0.2) is 9.37 Å². The zero-order valence-electron chi connectivity index (χ0n) is 18.9. The molecule has 2 aromatic heterocycles. The lowest BCUT2D eigenvalue weighted by atomic mass is 9.89. The minimum Gasteiger partial charge on any atom is -0.488 e. The molecular formula is C27H19F4N3O. The first-order valence-electron chi connectivity index (χ1n) is 10.9. The number of rotatable bonds is 2. The molecule has 1 aliphatic rings. The molecule has 1 aliphatic heterocycles. The summed E-state index contributed by atoms with van der Waals surface area (Å²) in [6.45, 7) is 3.55. The van der Waals surface area contributed by atoms with Crippen LogP contribution in [-0.2, 0) is 19.2 Å². The van der Waals surface area contributed by atoms with Crippen LogP contribution >= 0.6 is 0 Å². The average Bonchev–Trinajstić information content (AvgIpc) is 3.04. The van der Waals surface area contributed by atoms with E-state index in [1.807, 2.05) is 18.2 Å². The van der Waals surface area contributed by atoms with E-state index >= 15 is 0 Å². The van der Waals surface area contributed by atoms with Crippen molar-refractivity contribution in [2.75, 3.05) is 0 Å². The third-order valence-corrected chi connectivity index (χ3v) is 6.20. The maximum absolute atomic E-state index is 13.9. The van der Waals surface area contributed by atoms with Gasteiger partial charge in [-0.1, -0.05) is 18.2 Å². The molecule has 35 heavy (non-hydrogen) atoms. The molecule has 0 radical (unpaired) electrons. The summed E-state index contributed by atoms with van der Waals surface area (Å²) in [4.78, 5) is 4.20. The first-order chi connectivity index (χ1) is 16.7. The summed E-state index contributed by atoms with van der Waals surface area (Å²) in [5.74, 6) is -0.0877. The second-order valence-electron chi connectivity index (χ2n) is 8.47. The van der Waals surface area contributed by atoms with Gasteiger partial charge in [0.05, 0.1) is 17.3 Å². The number of alkyl halides is 3. The lowest BCUT2D eigenvalue weighted by Gasteiger charge is -2.13. The van der Waals surface area contributed by atoms with Crippen LogP contribution in [0.15, 0.2) is 60.3 Å². The molecule has 0 unspecified atom stereocenters. The molecule has 5 rings (SSSR count). The normalized spacial score (nSPS) is 14.5. The molecule has 0 atom stereocenters. The van der Waals surface area contributed by atoms with Gasteiger partial charge in [0.25, 0.3) is 0 Å². The number of imidazole rings is 1. The Morgan fingerprint density at radius 1 is 1.14 bits per heavy atom. The number of halogens is 4. The van der Waals surface area contributed by atoms with Gasteiger partial charge in [0, 0.05) is 41.1 Å². The summed E-state index contributed by atoms with van der Waals surface area (Å²) in [6, 6.07) is 14.5. The Morgan fingerprint density at radius 2 is 1.91 bits per heavy atom. The Morgan fingerprint density at radius 3 is 2.66 bits per heavy atom. The van der Waals surface area contributed by atoms with Gasteiger partial charge in [-0.2, -0.15) is 18.4 Å². The molecule has 0 bridgehead atoms. The monoisotopic (exact) mass is 477 g/mol. The molecule has 0 spiro atoms. The second-order valence-corrected chi connectivity index (χ2v) is 8.47. The maximum atomic E-state index is 13.9. The van der Waals surface area contributed by atoms with Crippen molar-refractivity contribution >= 4 is 11.2 Å². The lowest BCUT2D eigenvalue weighted by molar-refractivity contribution is -0.136. The van der Waals surface area contributed by atoms with Crippen molar-refractivity contribution in [3.05, 3.63) is 105 Å². The lowest BCUT2D eigenvalue weighted by Crippen LogP contribution is -2.08. The molecule has 0 fully saturated rings. The summed E-state index contributed by atoms with van der Waals surface area (Å²) < 4.78 is 61.6. The van der Waals surface area contributed by atoms with Gasteiger partial charge in [0.2, 0.25) is 0 Å². The van der Waals surface area contributed by atoms with E-state index in [1.165, 1.54) is 22.6 Å². The number of pyridine rings is 1. The number of fused-ring (bicyclic) bond motifs is 3. The third-order valence-electron chi connectivity index (χ3n) is 6.20. The van der Waals surface area contributed by atoms with Crippen molar-refractivity contribution in [3.63, 3.8) is 0 Å². The molecule has 4 nitrogen and oxygen atoms in total. The highest BCUT2D eigenvalue weighted by atomic mass is 19.4. The first-order valence-corrected chi connectivity index (χ1v) is 10.9. The highest BCUT2D eigenvalue weighted by Crippen LogP contribution is 2.39. The number of nitrogens with zero attached hydrogens (tertiary/aromatic N) is 3. The molecule has 2 aromatic carbocycles. The van der Waals surface area contributed by atoms with Gasteiger partial charge in [-0.05, 0) is 54.8 Å². The molecule has 4 aromatic rings. The van der Waals surface area contributed by atoms with Crippen molar-refractivity contribution < 1.29 is 22.3 Å². The Labute approximate surface area is 198 Å². The summed E-state index contributed by atoms with van der Waals surface area (Å²) in [5.41, 5.74) is 4.46. The number of hydrogen-bond donors (Lipinski definition) is 0. The van der Waals surface area contributed by atoms with Gasteiger partial charge in [0.1, 0.15) is 23.8 Å². The summed E-state index contributed by atoms with van der Waals surface area (Å²) in [6.07, 6.45) is -2.58. The first kappa shape index (κ1) is 22.7. The summed E-state index contributed by atoms with van der Waals surface area (Å²) >= 11 is 0. The van der Waals surface area contributed by atoms with E-state index < -0.39 is 17.6 Å². The van der Waals surface area contributed by atoms with Gasteiger partial charge >= 0.3 is 6.18 Å². The van der Waals surface area contributed by atoms with Gasteiger partial charge in [0.15, 0.2) is 0 Å². The molecule has 8 heteroatoms. The SMILES string of the molecule is C/C(C#N)=C1\c2ccc(Cc3c(C)nc4c(C(F)(F)F)cccn34)cc2COc2cc(F)ccc21. The summed E-state index contributed by atoms with van der Waals surface area (Å²) in [7, 11) is 0. The number of nitriles is 1. The highest BCUT2D eigenvalue weighted by Gasteiger charge is 2.34. The number of hydrogen-bond acceptors (Lipinski definition) is 3.